The fourth-order valence-corrected chi connectivity index (χ4v) is 3.80. The van der Waals surface area contributed by atoms with E-state index in [2.05, 4.69) is 0 Å². The molecular formula is C14H9NaO4S2. The average Bonchev–Trinajstić information content (AvgIpc) is 2.75. The molecule has 0 spiro atoms. The number of fused-ring (bicyclic) bond motifs is 1. The van der Waals surface area contributed by atoms with Gasteiger partial charge in [-0.2, -0.15) is 0 Å². The van der Waals surface area contributed by atoms with Crippen molar-refractivity contribution in [3.63, 3.8) is 0 Å². The third-order valence-corrected chi connectivity index (χ3v) is 4.79. The van der Waals surface area contributed by atoms with Gasteiger partial charge in [-0.05, 0) is 18.3 Å². The van der Waals surface area contributed by atoms with E-state index in [4.69, 9.17) is 17.0 Å². The molecule has 0 bridgehead atoms. The molecule has 2 aromatic rings. The van der Waals surface area contributed by atoms with Crippen molar-refractivity contribution in [1.29, 1.82) is 0 Å². The van der Waals surface area contributed by atoms with Gasteiger partial charge in [-0.3, -0.25) is 0 Å². The number of rotatable bonds is 2. The van der Waals surface area contributed by atoms with Crippen LogP contribution in [0.2, 0.25) is 0 Å². The quantitative estimate of drug-likeness (QED) is 0.408. The average molecular weight is 328 g/mol. The Balaban J connectivity index is 0.00000161. The van der Waals surface area contributed by atoms with Gasteiger partial charge in [0.25, 0.3) is 0 Å². The molecule has 21 heavy (non-hydrogen) atoms. The molecule has 1 aliphatic heterocycles. The fraction of sp³-hybridized carbons (Fsp3) is 0.0714. The van der Waals surface area contributed by atoms with E-state index in [-0.39, 0.29) is 45.7 Å². The molecule has 0 saturated carbocycles. The predicted molar refractivity (Wildman–Crippen MR) is 76.1 cm³/mol. The Morgan fingerprint density at radius 3 is 2.19 bits per heavy atom. The SMILES string of the molecule is O=S(=O)([O-])C1(c2ccccc2)OC(=S)c2ccccc21.[Na+]. The minimum atomic E-state index is -4.82. The van der Waals surface area contributed by atoms with E-state index in [1.54, 1.807) is 54.6 Å². The first-order valence-electron chi connectivity index (χ1n) is 5.80. The van der Waals surface area contributed by atoms with Crippen molar-refractivity contribution in [3.05, 3.63) is 71.3 Å². The Kier molecular flexibility index (Phi) is 4.58. The molecule has 1 heterocycles. The van der Waals surface area contributed by atoms with Crippen molar-refractivity contribution in [3.8, 4) is 0 Å². The monoisotopic (exact) mass is 328 g/mol. The van der Waals surface area contributed by atoms with Crippen LogP contribution in [-0.2, 0) is 19.8 Å². The van der Waals surface area contributed by atoms with Crippen LogP contribution >= 0.6 is 12.2 Å². The largest absolute Gasteiger partial charge is 1.00 e. The molecule has 1 atom stereocenters. The van der Waals surface area contributed by atoms with Gasteiger partial charge in [0.2, 0.25) is 4.93 Å². The summed E-state index contributed by atoms with van der Waals surface area (Å²) in [5.41, 5.74) is 0.985. The summed E-state index contributed by atoms with van der Waals surface area (Å²) in [6, 6.07) is 14.7. The molecule has 7 heteroatoms. The molecule has 0 N–H and O–H groups in total. The molecule has 102 valence electrons. The molecule has 3 rings (SSSR count). The van der Waals surface area contributed by atoms with Gasteiger partial charge < -0.3 is 9.29 Å². The van der Waals surface area contributed by atoms with Gasteiger partial charge in [0.15, 0.2) is 5.05 Å². The molecule has 0 aromatic heterocycles. The third kappa shape index (κ3) is 2.46. The van der Waals surface area contributed by atoms with Gasteiger partial charge in [-0.15, -0.1) is 0 Å². The first-order valence-corrected chi connectivity index (χ1v) is 7.62. The molecule has 0 fully saturated rings. The minimum absolute atomic E-state index is 0. The van der Waals surface area contributed by atoms with Gasteiger partial charge in [0.05, 0.1) is 0 Å². The number of hydrogen-bond acceptors (Lipinski definition) is 5. The smallest absolute Gasteiger partial charge is 0.744 e. The summed E-state index contributed by atoms with van der Waals surface area (Å²) in [6.45, 7) is 0. The van der Waals surface area contributed by atoms with Gasteiger partial charge in [0, 0.05) is 16.7 Å². The zero-order valence-corrected chi connectivity index (χ0v) is 14.8. The maximum atomic E-state index is 11.9. The Labute approximate surface area is 150 Å². The van der Waals surface area contributed by atoms with Crippen LogP contribution < -0.4 is 29.6 Å². The van der Waals surface area contributed by atoms with E-state index in [1.165, 1.54) is 0 Å². The zero-order valence-electron chi connectivity index (χ0n) is 11.1. The van der Waals surface area contributed by atoms with E-state index >= 15 is 0 Å². The van der Waals surface area contributed by atoms with E-state index in [9.17, 15) is 13.0 Å². The second-order valence-corrected chi connectivity index (χ2v) is 6.23. The summed E-state index contributed by atoms with van der Waals surface area (Å²) in [7, 11) is -4.82. The minimum Gasteiger partial charge on any atom is -0.744 e. The van der Waals surface area contributed by atoms with Crippen LogP contribution in [0.4, 0.5) is 0 Å². The Morgan fingerprint density at radius 2 is 1.57 bits per heavy atom. The van der Waals surface area contributed by atoms with Crippen LogP contribution in [0.1, 0.15) is 16.7 Å². The fourth-order valence-electron chi connectivity index (χ4n) is 2.39. The van der Waals surface area contributed by atoms with Crippen molar-refractivity contribution in [2.75, 3.05) is 0 Å². The van der Waals surface area contributed by atoms with Gasteiger partial charge in [-0.25, -0.2) is 8.42 Å². The van der Waals surface area contributed by atoms with E-state index < -0.39 is 15.1 Å². The first-order chi connectivity index (χ1) is 9.47. The van der Waals surface area contributed by atoms with Gasteiger partial charge >= 0.3 is 29.6 Å². The Hall–Kier alpha value is -0.760. The van der Waals surface area contributed by atoms with Crippen molar-refractivity contribution in [2.24, 2.45) is 0 Å². The standard InChI is InChI=1S/C14H10O4S2.Na/c15-20(16,17)14(10-6-2-1-3-7-10)12-9-5-4-8-11(12)13(19)18-14;/h1-9H,(H,15,16,17);/q;+1/p-1. The molecule has 4 nitrogen and oxygen atoms in total. The maximum Gasteiger partial charge on any atom is 1.00 e. The normalized spacial score (nSPS) is 20.3. The Morgan fingerprint density at radius 1 is 1.00 bits per heavy atom. The van der Waals surface area contributed by atoms with Crippen LogP contribution in [0.15, 0.2) is 54.6 Å². The number of benzene rings is 2. The van der Waals surface area contributed by atoms with Crippen LogP contribution in [0, 0.1) is 0 Å². The zero-order chi connectivity index (χ0) is 14.4. The molecule has 0 aliphatic carbocycles. The van der Waals surface area contributed by atoms with E-state index in [0.29, 0.717) is 5.56 Å². The number of thiocarbonyl (C=S) groups is 1. The Bertz CT molecular complexity index is 790. The third-order valence-electron chi connectivity index (χ3n) is 3.24. The summed E-state index contributed by atoms with van der Waals surface area (Å²) in [5.74, 6) is 0. The molecule has 0 saturated heterocycles. The van der Waals surface area contributed by atoms with Gasteiger partial charge in [-0.1, -0.05) is 48.5 Å². The van der Waals surface area contributed by atoms with Crippen molar-refractivity contribution in [1.82, 2.24) is 0 Å². The summed E-state index contributed by atoms with van der Waals surface area (Å²) >= 11 is 5.07. The van der Waals surface area contributed by atoms with Crippen LogP contribution in [-0.4, -0.2) is 18.0 Å². The first kappa shape index (κ1) is 16.6. The molecule has 2 aromatic carbocycles. The molecule has 1 aliphatic rings. The predicted octanol–water partition coefficient (Wildman–Crippen LogP) is -0.857. The van der Waals surface area contributed by atoms with Crippen molar-refractivity contribution in [2.45, 2.75) is 4.93 Å². The van der Waals surface area contributed by atoms with Crippen molar-refractivity contribution < 1.29 is 47.3 Å². The summed E-state index contributed by atoms with van der Waals surface area (Å²) in [4.78, 5) is -2.10. The summed E-state index contributed by atoms with van der Waals surface area (Å²) in [5, 5.41) is 0.0175. The summed E-state index contributed by atoms with van der Waals surface area (Å²) in [6.07, 6.45) is 0. The summed E-state index contributed by atoms with van der Waals surface area (Å²) < 4.78 is 41.2. The molecule has 1 unspecified atom stereocenters. The second-order valence-electron chi connectivity index (χ2n) is 4.37. The number of ether oxygens (including phenoxy) is 1. The van der Waals surface area contributed by atoms with Gasteiger partial charge in [0.1, 0.15) is 10.1 Å². The number of hydrogen-bond donors (Lipinski definition) is 0. The van der Waals surface area contributed by atoms with E-state index in [0.717, 1.165) is 0 Å². The van der Waals surface area contributed by atoms with Crippen molar-refractivity contribution >= 4 is 27.4 Å². The molecule has 0 amide bonds. The van der Waals surface area contributed by atoms with Crippen LogP contribution in [0.5, 0.6) is 0 Å². The second kappa shape index (κ2) is 5.79. The topological polar surface area (TPSA) is 66.4 Å². The maximum absolute atomic E-state index is 11.9. The van der Waals surface area contributed by atoms with E-state index in [1.807, 2.05) is 0 Å². The van der Waals surface area contributed by atoms with Crippen LogP contribution in [0.3, 0.4) is 0 Å². The molecular weight excluding hydrogens is 319 g/mol. The molecule has 0 radical (unpaired) electrons. The van der Waals surface area contributed by atoms with Crippen LogP contribution in [0.25, 0.3) is 0 Å².